The highest BCUT2D eigenvalue weighted by Crippen LogP contribution is 2.31. The first-order valence-corrected chi connectivity index (χ1v) is 11.0. The largest absolute Gasteiger partial charge is 0.337 e. The lowest BCUT2D eigenvalue weighted by atomic mass is 10.0. The van der Waals surface area contributed by atoms with Crippen molar-refractivity contribution >= 4 is 27.5 Å². The van der Waals surface area contributed by atoms with Crippen molar-refractivity contribution in [2.45, 2.75) is 20.3 Å². The lowest BCUT2D eigenvalue weighted by molar-refractivity contribution is 1.10. The Hall–Kier alpha value is -4.32. The highest BCUT2D eigenvalue weighted by molar-refractivity contribution is 5.97. The van der Waals surface area contributed by atoms with E-state index in [-0.39, 0.29) is 0 Å². The minimum Gasteiger partial charge on any atom is -0.337 e. The molecular formula is C27H24N6. The quantitative estimate of drug-likeness (QED) is 0.300. The van der Waals surface area contributed by atoms with Crippen LogP contribution in [0.4, 0.5) is 0 Å². The summed E-state index contributed by atoms with van der Waals surface area (Å²) in [6, 6.07) is 14.0. The molecule has 5 aromatic rings. The number of fused-ring (bicyclic) bond motifs is 2. The molecule has 0 aliphatic rings. The number of para-hydroxylation sites is 1. The first-order valence-electron chi connectivity index (χ1n) is 11.0. The molecule has 4 heterocycles. The number of benzene rings is 1. The number of aromatic amines is 2. The van der Waals surface area contributed by atoms with Gasteiger partial charge in [-0.1, -0.05) is 43.9 Å². The van der Waals surface area contributed by atoms with Crippen molar-refractivity contribution in [2.24, 2.45) is 0 Å². The maximum atomic E-state index is 4.91. The number of imidazole rings is 1. The molecular weight excluding hydrogens is 408 g/mol. The number of nitrogens with one attached hydrogen (secondary N) is 2. The molecule has 0 bridgehead atoms. The van der Waals surface area contributed by atoms with Gasteiger partial charge in [0.2, 0.25) is 0 Å². The summed E-state index contributed by atoms with van der Waals surface area (Å²) in [4.78, 5) is 17.5. The number of hydrogen-bond acceptors (Lipinski definition) is 4. The maximum Gasteiger partial charge on any atom is 0.159 e. The molecule has 0 radical (unpaired) electrons. The number of nitrogens with zero attached hydrogens (tertiary/aromatic N) is 4. The van der Waals surface area contributed by atoms with Gasteiger partial charge in [0.05, 0.1) is 34.1 Å². The summed E-state index contributed by atoms with van der Waals surface area (Å²) >= 11 is 0. The Kier molecular flexibility index (Phi) is 5.40. The van der Waals surface area contributed by atoms with Crippen LogP contribution < -0.4 is 0 Å². The summed E-state index contributed by atoms with van der Waals surface area (Å²) in [5, 5.41) is 8.61. The summed E-state index contributed by atoms with van der Waals surface area (Å²) in [6.45, 7) is 8.04. The van der Waals surface area contributed by atoms with Gasteiger partial charge < -0.3 is 4.98 Å². The van der Waals surface area contributed by atoms with Gasteiger partial charge in [-0.2, -0.15) is 5.10 Å². The van der Waals surface area contributed by atoms with E-state index in [4.69, 9.17) is 4.98 Å². The zero-order valence-corrected chi connectivity index (χ0v) is 18.6. The Morgan fingerprint density at radius 3 is 2.76 bits per heavy atom. The molecule has 0 aliphatic carbocycles. The summed E-state index contributed by atoms with van der Waals surface area (Å²) in [6.07, 6.45) is 10.6. The highest BCUT2D eigenvalue weighted by atomic mass is 15.1. The van der Waals surface area contributed by atoms with Gasteiger partial charge in [0.15, 0.2) is 5.82 Å². The van der Waals surface area contributed by atoms with E-state index in [0.29, 0.717) is 5.82 Å². The molecule has 0 aliphatic heterocycles. The van der Waals surface area contributed by atoms with Crippen molar-refractivity contribution in [2.75, 3.05) is 0 Å². The molecule has 33 heavy (non-hydrogen) atoms. The smallest absolute Gasteiger partial charge is 0.159 e. The number of rotatable bonds is 6. The minimum atomic E-state index is 0.703. The summed E-state index contributed by atoms with van der Waals surface area (Å²) < 4.78 is 0. The van der Waals surface area contributed by atoms with Crippen molar-refractivity contribution < 1.29 is 0 Å². The van der Waals surface area contributed by atoms with E-state index in [9.17, 15) is 0 Å². The van der Waals surface area contributed by atoms with Crippen LogP contribution in [0, 0.1) is 0 Å². The van der Waals surface area contributed by atoms with Crippen LogP contribution in [0.15, 0.2) is 85.2 Å². The molecule has 0 atom stereocenters. The Labute approximate surface area is 191 Å². The first kappa shape index (κ1) is 20.6. The normalized spacial score (nSPS) is 12.5. The van der Waals surface area contributed by atoms with Gasteiger partial charge in [-0.3, -0.25) is 15.1 Å². The average molecular weight is 433 g/mol. The molecule has 0 unspecified atom stereocenters. The average Bonchev–Trinajstić information content (AvgIpc) is 3.49. The van der Waals surface area contributed by atoms with Crippen molar-refractivity contribution in [3.8, 4) is 22.8 Å². The van der Waals surface area contributed by atoms with E-state index in [1.807, 2.05) is 55.6 Å². The SMILES string of the molecule is C=C/C(=C\C(=C/C)c1cc2c(-c3nc4c(-c5ccccn5)cccc4[nH]3)n[nH]c2cn1)CC. The zero-order valence-electron chi connectivity index (χ0n) is 18.6. The summed E-state index contributed by atoms with van der Waals surface area (Å²) in [5.41, 5.74) is 8.38. The summed E-state index contributed by atoms with van der Waals surface area (Å²) in [7, 11) is 0. The molecule has 162 valence electrons. The topological polar surface area (TPSA) is 83.1 Å². The molecule has 1 aromatic carbocycles. The number of aromatic nitrogens is 6. The minimum absolute atomic E-state index is 0.703. The number of pyridine rings is 2. The van der Waals surface area contributed by atoms with Crippen molar-refractivity contribution in [3.63, 3.8) is 0 Å². The second-order valence-corrected chi connectivity index (χ2v) is 7.71. The van der Waals surface area contributed by atoms with Gasteiger partial charge in [0, 0.05) is 17.1 Å². The van der Waals surface area contributed by atoms with E-state index >= 15 is 0 Å². The third-order valence-electron chi connectivity index (χ3n) is 5.74. The van der Waals surface area contributed by atoms with E-state index in [1.54, 1.807) is 6.20 Å². The molecule has 6 nitrogen and oxygen atoms in total. The molecule has 0 saturated heterocycles. The fourth-order valence-corrected chi connectivity index (χ4v) is 3.94. The van der Waals surface area contributed by atoms with Crippen LogP contribution in [-0.4, -0.2) is 30.1 Å². The van der Waals surface area contributed by atoms with Crippen molar-refractivity contribution in [1.82, 2.24) is 30.1 Å². The number of hydrogen-bond donors (Lipinski definition) is 2. The van der Waals surface area contributed by atoms with E-state index < -0.39 is 0 Å². The number of allylic oxidation sites excluding steroid dienone is 5. The van der Waals surface area contributed by atoms with Crippen LogP contribution in [0.3, 0.4) is 0 Å². The fraction of sp³-hybridized carbons (Fsp3) is 0.111. The standard InChI is InChI=1S/C27H24N6/c1-4-17(5-2)14-18(6-3)23-15-20-24(16-29-23)32-33-26(20)27-30-22-12-9-10-19(25(22)31-27)21-11-7-8-13-28-21/h4,6-16H,1,5H2,2-3H3,(H,30,31)(H,32,33)/b17-14+,18-6+. The molecule has 0 amide bonds. The van der Waals surface area contributed by atoms with Gasteiger partial charge in [-0.25, -0.2) is 4.98 Å². The fourth-order valence-electron chi connectivity index (χ4n) is 3.94. The number of H-pyrrole nitrogens is 2. The van der Waals surface area contributed by atoms with Crippen LogP contribution in [-0.2, 0) is 0 Å². The molecule has 0 saturated carbocycles. The van der Waals surface area contributed by atoms with Crippen LogP contribution in [0.2, 0.25) is 0 Å². The Morgan fingerprint density at radius 1 is 1.09 bits per heavy atom. The lowest BCUT2D eigenvalue weighted by Crippen LogP contribution is -1.89. The molecule has 2 N–H and O–H groups in total. The third kappa shape index (κ3) is 3.76. The van der Waals surface area contributed by atoms with Crippen LogP contribution in [0.25, 0.3) is 50.3 Å². The Balaban J connectivity index is 1.63. The third-order valence-corrected chi connectivity index (χ3v) is 5.74. The van der Waals surface area contributed by atoms with Gasteiger partial charge in [-0.15, -0.1) is 0 Å². The molecule has 0 spiro atoms. The molecule has 4 aromatic heterocycles. The predicted octanol–water partition coefficient (Wildman–Crippen LogP) is 6.49. The van der Waals surface area contributed by atoms with Crippen molar-refractivity contribution in [1.29, 1.82) is 0 Å². The second-order valence-electron chi connectivity index (χ2n) is 7.71. The van der Waals surface area contributed by atoms with Crippen LogP contribution in [0.1, 0.15) is 26.0 Å². The molecule has 6 heteroatoms. The highest BCUT2D eigenvalue weighted by Gasteiger charge is 2.16. The second kappa shape index (κ2) is 8.67. The molecule has 5 rings (SSSR count). The van der Waals surface area contributed by atoms with Gasteiger partial charge in [0.1, 0.15) is 5.69 Å². The van der Waals surface area contributed by atoms with Crippen molar-refractivity contribution in [3.05, 3.63) is 90.9 Å². The lowest BCUT2D eigenvalue weighted by Gasteiger charge is -2.04. The summed E-state index contributed by atoms with van der Waals surface area (Å²) in [5.74, 6) is 0.703. The van der Waals surface area contributed by atoms with E-state index in [1.165, 1.54) is 0 Å². The Morgan fingerprint density at radius 2 is 2.00 bits per heavy atom. The van der Waals surface area contributed by atoms with E-state index in [0.717, 1.165) is 62.1 Å². The zero-order chi connectivity index (χ0) is 22.8. The van der Waals surface area contributed by atoms with Gasteiger partial charge in [0.25, 0.3) is 0 Å². The maximum absolute atomic E-state index is 4.91. The predicted molar refractivity (Wildman–Crippen MR) is 134 cm³/mol. The molecule has 0 fully saturated rings. The van der Waals surface area contributed by atoms with Gasteiger partial charge in [-0.05, 0) is 54.8 Å². The monoisotopic (exact) mass is 432 g/mol. The van der Waals surface area contributed by atoms with Gasteiger partial charge >= 0.3 is 0 Å². The van der Waals surface area contributed by atoms with E-state index in [2.05, 4.69) is 56.9 Å². The first-order chi connectivity index (χ1) is 16.2. The van der Waals surface area contributed by atoms with Crippen LogP contribution in [0.5, 0.6) is 0 Å². The Bertz CT molecular complexity index is 1520. The van der Waals surface area contributed by atoms with Crippen LogP contribution >= 0.6 is 0 Å².